The summed E-state index contributed by atoms with van der Waals surface area (Å²) in [6.07, 6.45) is 3.37. The second-order valence-corrected chi connectivity index (χ2v) is 8.26. The molecular formula is C24H21N3O5. The molecule has 1 fully saturated rings. The van der Waals surface area contributed by atoms with E-state index in [0.29, 0.717) is 16.1 Å². The van der Waals surface area contributed by atoms with E-state index >= 15 is 0 Å². The van der Waals surface area contributed by atoms with Crippen LogP contribution >= 0.6 is 0 Å². The highest BCUT2D eigenvalue weighted by Gasteiger charge is 2.57. The van der Waals surface area contributed by atoms with Crippen LogP contribution in [-0.2, 0) is 15.1 Å². The predicted octanol–water partition coefficient (Wildman–Crippen LogP) is 2.69. The van der Waals surface area contributed by atoms with E-state index in [4.69, 9.17) is 4.74 Å². The van der Waals surface area contributed by atoms with Crippen molar-refractivity contribution in [2.75, 3.05) is 5.32 Å². The highest BCUT2D eigenvalue weighted by atomic mass is 16.6. The lowest BCUT2D eigenvalue weighted by atomic mass is 9.74. The zero-order valence-corrected chi connectivity index (χ0v) is 17.2. The summed E-state index contributed by atoms with van der Waals surface area (Å²) in [7, 11) is 0. The molecule has 0 saturated heterocycles. The third-order valence-electron chi connectivity index (χ3n) is 6.29. The number of amides is 1. The lowest BCUT2D eigenvalue weighted by molar-refractivity contribution is -0.621. The summed E-state index contributed by atoms with van der Waals surface area (Å²) in [6.45, 7) is 0. The zero-order valence-electron chi connectivity index (χ0n) is 17.2. The lowest BCUT2D eigenvalue weighted by Gasteiger charge is -2.38. The van der Waals surface area contributed by atoms with Crippen molar-refractivity contribution in [3.8, 4) is 11.3 Å². The molecule has 5 rings (SSSR count). The summed E-state index contributed by atoms with van der Waals surface area (Å²) in [5, 5.41) is 26.2. The molecule has 2 aromatic heterocycles. The molecule has 8 nitrogen and oxygen atoms in total. The van der Waals surface area contributed by atoms with Gasteiger partial charge in [-0.1, -0.05) is 30.3 Å². The summed E-state index contributed by atoms with van der Waals surface area (Å²) in [6, 6.07) is 16.0. The van der Waals surface area contributed by atoms with Crippen molar-refractivity contribution >= 4 is 17.6 Å². The number of nitrogens with zero attached hydrogens (tertiary/aromatic N) is 2. The van der Waals surface area contributed by atoms with Crippen molar-refractivity contribution in [3.05, 3.63) is 83.5 Å². The Morgan fingerprint density at radius 3 is 2.59 bits per heavy atom. The molecule has 8 heteroatoms. The number of hydrogen-bond acceptors (Lipinski definition) is 6. The Labute approximate surface area is 184 Å². The van der Waals surface area contributed by atoms with Crippen LogP contribution < -0.4 is 10.0 Å². The Kier molecular flexibility index (Phi) is 4.67. The number of esters is 1. The van der Waals surface area contributed by atoms with Gasteiger partial charge < -0.3 is 20.4 Å². The van der Waals surface area contributed by atoms with Crippen LogP contribution in [-0.4, -0.2) is 27.6 Å². The van der Waals surface area contributed by atoms with Gasteiger partial charge in [0.15, 0.2) is 11.8 Å². The number of carbonyl (C=O) groups is 2. The van der Waals surface area contributed by atoms with Gasteiger partial charge in [0.25, 0.3) is 11.6 Å². The van der Waals surface area contributed by atoms with E-state index in [9.17, 15) is 19.9 Å². The van der Waals surface area contributed by atoms with Crippen LogP contribution in [0.3, 0.4) is 0 Å². The first-order valence-electron chi connectivity index (χ1n) is 10.4. The highest BCUT2D eigenvalue weighted by Crippen LogP contribution is 2.48. The number of hydrogen-bond donors (Lipinski definition) is 2. The largest absolute Gasteiger partial charge is 0.618 e. The number of anilines is 1. The summed E-state index contributed by atoms with van der Waals surface area (Å²) in [5.41, 5.74) is -0.121. The number of fused-ring (bicyclic) bond motifs is 2. The van der Waals surface area contributed by atoms with E-state index < -0.39 is 23.1 Å². The number of carbonyl (C=O) groups excluding carboxylic acids is 2. The van der Waals surface area contributed by atoms with Gasteiger partial charge in [0, 0.05) is 36.4 Å². The Morgan fingerprint density at radius 1 is 1.09 bits per heavy atom. The monoisotopic (exact) mass is 431 g/mol. The van der Waals surface area contributed by atoms with Gasteiger partial charge in [-0.2, -0.15) is 4.73 Å². The molecule has 32 heavy (non-hydrogen) atoms. The third kappa shape index (κ3) is 3.29. The van der Waals surface area contributed by atoms with E-state index in [1.807, 2.05) is 30.3 Å². The number of aromatic nitrogens is 2. The molecule has 0 unspecified atom stereocenters. The maximum Gasteiger partial charge on any atom is 0.345 e. The fourth-order valence-electron chi connectivity index (χ4n) is 4.54. The van der Waals surface area contributed by atoms with Gasteiger partial charge in [-0.15, -0.1) is 0 Å². The number of benzene rings is 1. The van der Waals surface area contributed by atoms with Crippen LogP contribution in [0.15, 0.2) is 67.0 Å². The number of rotatable bonds is 3. The molecule has 2 N–H and O–H groups in total. The molecule has 1 amide bonds. The van der Waals surface area contributed by atoms with Crippen molar-refractivity contribution in [1.29, 1.82) is 0 Å². The SMILES string of the molecule is O=C1O[C@]2(CC[C@](O)(C(=O)Nc3ccnc(-c4ccccc4)c3)CC2)c2c1ccc[n+]2[O-]. The first-order chi connectivity index (χ1) is 15.4. The number of nitrogens with one attached hydrogen (secondary N) is 1. The van der Waals surface area contributed by atoms with Crippen LogP contribution in [0.25, 0.3) is 11.3 Å². The minimum absolute atomic E-state index is 0.0527. The minimum Gasteiger partial charge on any atom is -0.618 e. The van der Waals surface area contributed by atoms with Crippen LogP contribution in [0.2, 0.25) is 0 Å². The molecule has 2 aliphatic rings. The maximum atomic E-state index is 13.0. The second kappa shape index (κ2) is 7.42. The number of aliphatic hydroxyl groups is 1. The van der Waals surface area contributed by atoms with E-state index in [1.165, 1.54) is 12.3 Å². The van der Waals surface area contributed by atoms with Crippen LogP contribution in [0.5, 0.6) is 0 Å². The van der Waals surface area contributed by atoms with Gasteiger partial charge in [-0.3, -0.25) is 9.78 Å². The highest BCUT2D eigenvalue weighted by molar-refractivity contribution is 5.98. The molecule has 3 aromatic rings. The zero-order chi connectivity index (χ0) is 22.3. The van der Waals surface area contributed by atoms with Crippen molar-refractivity contribution in [3.63, 3.8) is 0 Å². The topological polar surface area (TPSA) is 115 Å². The molecule has 3 heterocycles. The summed E-state index contributed by atoms with van der Waals surface area (Å²) < 4.78 is 6.23. The first kappa shape index (κ1) is 20.1. The van der Waals surface area contributed by atoms with Crippen LogP contribution in [0.4, 0.5) is 5.69 Å². The average molecular weight is 431 g/mol. The van der Waals surface area contributed by atoms with Crippen LogP contribution in [0.1, 0.15) is 41.7 Å². The lowest BCUT2D eigenvalue weighted by Crippen LogP contribution is -2.51. The Balaban J connectivity index is 1.33. The van der Waals surface area contributed by atoms with Gasteiger partial charge in [-0.25, -0.2) is 4.79 Å². The summed E-state index contributed by atoms with van der Waals surface area (Å²) >= 11 is 0. The third-order valence-corrected chi connectivity index (χ3v) is 6.29. The van der Waals surface area contributed by atoms with Gasteiger partial charge in [0.2, 0.25) is 0 Å². The number of pyridine rings is 2. The van der Waals surface area contributed by atoms with E-state index in [-0.39, 0.29) is 36.9 Å². The van der Waals surface area contributed by atoms with Crippen molar-refractivity contribution in [2.45, 2.75) is 36.9 Å². The quantitative estimate of drug-likeness (QED) is 0.374. The smallest absolute Gasteiger partial charge is 0.345 e. The summed E-state index contributed by atoms with van der Waals surface area (Å²) in [4.78, 5) is 29.6. The molecule has 0 bridgehead atoms. The van der Waals surface area contributed by atoms with E-state index in [0.717, 1.165) is 5.56 Å². The Morgan fingerprint density at radius 2 is 1.84 bits per heavy atom. The molecular weight excluding hydrogens is 410 g/mol. The molecule has 1 aromatic carbocycles. The Hall–Kier alpha value is -3.78. The normalized spacial score (nSPS) is 24.1. The molecule has 1 spiro atoms. The van der Waals surface area contributed by atoms with Crippen molar-refractivity contribution < 1.29 is 24.2 Å². The van der Waals surface area contributed by atoms with Gasteiger partial charge in [0.1, 0.15) is 11.2 Å². The second-order valence-electron chi connectivity index (χ2n) is 8.26. The minimum atomic E-state index is -1.64. The Bertz CT molecular complexity index is 1200. The number of ether oxygens (including phenoxy) is 1. The molecule has 162 valence electrons. The molecule has 1 saturated carbocycles. The molecule has 1 aliphatic carbocycles. The average Bonchev–Trinajstić information content (AvgIpc) is 3.09. The van der Waals surface area contributed by atoms with E-state index in [2.05, 4.69) is 10.3 Å². The van der Waals surface area contributed by atoms with Crippen molar-refractivity contribution in [1.82, 2.24) is 4.98 Å². The van der Waals surface area contributed by atoms with Crippen LogP contribution in [0, 0.1) is 5.21 Å². The standard InChI is InChI=1S/C24H21N3O5/c28-21-18-7-4-14-27(31)20(18)24(32-21)11-9-23(30,10-12-24)22(29)26-17-8-13-25-19(15-17)16-5-2-1-3-6-16/h1-8,13-15,30H,9-12H2,(H,25,26,29)/t23-,24+. The predicted molar refractivity (Wildman–Crippen MR) is 114 cm³/mol. The summed E-state index contributed by atoms with van der Waals surface area (Å²) in [5.74, 6) is -1.09. The molecule has 1 aliphatic heterocycles. The van der Waals surface area contributed by atoms with E-state index in [1.54, 1.807) is 24.4 Å². The fraction of sp³-hybridized carbons (Fsp3) is 0.250. The maximum absolute atomic E-state index is 13.0. The van der Waals surface area contributed by atoms with Crippen molar-refractivity contribution in [2.24, 2.45) is 0 Å². The van der Waals surface area contributed by atoms with Gasteiger partial charge >= 0.3 is 5.97 Å². The first-order valence-corrected chi connectivity index (χ1v) is 10.4. The van der Waals surface area contributed by atoms with Gasteiger partial charge in [-0.05, 0) is 31.0 Å². The molecule has 0 radical (unpaired) electrons. The fourth-order valence-corrected chi connectivity index (χ4v) is 4.54. The van der Waals surface area contributed by atoms with Gasteiger partial charge in [0.05, 0.1) is 5.69 Å². The molecule has 0 atom stereocenters.